The summed E-state index contributed by atoms with van der Waals surface area (Å²) in [5.41, 5.74) is 12.3. The monoisotopic (exact) mass is 710 g/mol. The number of H-pyrrole nitrogens is 2. The molecule has 8 bridgehead atoms. The molecule has 0 unspecified atom stereocenters. The van der Waals surface area contributed by atoms with Gasteiger partial charge in [-0.25, -0.2) is 19.6 Å². The van der Waals surface area contributed by atoms with Gasteiger partial charge in [0, 0.05) is 44.3 Å². The third-order valence-corrected chi connectivity index (χ3v) is 9.30. The Hall–Kier alpha value is -7.13. The van der Waals surface area contributed by atoms with Crippen LogP contribution in [0, 0.1) is 0 Å². The fraction of sp³-hybridized carbons (Fsp3) is 0.0889. The zero-order chi connectivity index (χ0) is 37.2. The number of carbonyl (C=O) groups excluding carboxylic acids is 3. The SMILES string of the molecule is CCOC(=O)c1ccc(-c2c3nc(c(-c4ccccc4C=O)c4ccc([nH]4)c(-c4ccc(C(=O)OCC)cc4)c4nc(cc5ccc2[nH]5)C=C4)C=C3)cc1. The number of aldehydes is 1. The number of hydrogen-bond acceptors (Lipinski definition) is 7. The minimum Gasteiger partial charge on any atom is -0.462 e. The fourth-order valence-electron chi connectivity index (χ4n) is 6.83. The molecule has 9 nitrogen and oxygen atoms in total. The molecule has 3 aromatic heterocycles. The summed E-state index contributed by atoms with van der Waals surface area (Å²) < 4.78 is 10.4. The van der Waals surface area contributed by atoms with E-state index in [1.165, 1.54) is 0 Å². The highest BCUT2D eigenvalue weighted by Crippen LogP contribution is 2.37. The predicted molar refractivity (Wildman–Crippen MR) is 212 cm³/mol. The van der Waals surface area contributed by atoms with Crippen molar-refractivity contribution in [2.45, 2.75) is 13.8 Å². The Kier molecular flexibility index (Phi) is 9.11. The van der Waals surface area contributed by atoms with Crippen molar-refractivity contribution >= 4 is 64.6 Å². The van der Waals surface area contributed by atoms with Gasteiger partial charge in [-0.3, -0.25) is 4.79 Å². The second-order valence-corrected chi connectivity index (χ2v) is 12.7. The van der Waals surface area contributed by atoms with Gasteiger partial charge in [0.05, 0.1) is 47.1 Å². The normalized spacial score (nSPS) is 11.7. The summed E-state index contributed by atoms with van der Waals surface area (Å²) >= 11 is 0. The maximum absolute atomic E-state index is 12.5. The van der Waals surface area contributed by atoms with Crippen molar-refractivity contribution in [3.05, 3.63) is 143 Å². The highest BCUT2D eigenvalue weighted by molar-refractivity contribution is 6.01. The number of aromatic amines is 2. The standard InChI is InChI=1S/C45H34N4O5/c1-3-53-44(51)29-13-9-27(10-14-29)41-35-19-17-32(46-35)25-33-18-20-36(47-33)42(28-11-15-30(16-12-28)45(52)54-4-2)38-22-24-40(49-38)43(39-23-21-37(41)48-39)34-8-6-5-7-31(34)26-50/h5-26,46,49H,3-4H2,1-2H3. The smallest absolute Gasteiger partial charge is 0.338 e. The molecule has 0 fully saturated rings. The average molecular weight is 711 g/mol. The maximum atomic E-state index is 12.5. The van der Waals surface area contributed by atoms with Gasteiger partial charge in [-0.2, -0.15) is 0 Å². The lowest BCUT2D eigenvalue weighted by atomic mass is 9.99. The van der Waals surface area contributed by atoms with Gasteiger partial charge in [0.15, 0.2) is 6.29 Å². The summed E-state index contributed by atoms with van der Waals surface area (Å²) in [5.74, 6) is -0.766. The molecule has 6 aromatic rings. The molecule has 0 spiro atoms. The van der Waals surface area contributed by atoms with E-state index in [9.17, 15) is 14.4 Å². The molecule has 0 amide bonds. The van der Waals surface area contributed by atoms with Crippen LogP contribution in [0.2, 0.25) is 0 Å². The molecule has 0 radical (unpaired) electrons. The van der Waals surface area contributed by atoms with Crippen molar-refractivity contribution < 1.29 is 23.9 Å². The number of fused-ring (bicyclic) bond motifs is 8. The van der Waals surface area contributed by atoms with Crippen molar-refractivity contribution in [1.82, 2.24) is 19.9 Å². The zero-order valence-electron chi connectivity index (χ0n) is 29.6. The summed E-state index contributed by atoms with van der Waals surface area (Å²) in [6.07, 6.45) is 8.71. The van der Waals surface area contributed by atoms with Crippen LogP contribution in [0.15, 0.2) is 103 Å². The van der Waals surface area contributed by atoms with Crippen LogP contribution in [-0.4, -0.2) is 51.4 Å². The van der Waals surface area contributed by atoms with Crippen molar-refractivity contribution in [3.63, 3.8) is 0 Å². The quantitative estimate of drug-likeness (QED) is 0.119. The van der Waals surface area contributed by atoms with Crippen molar-refractivity contribution in [2.75, 3.05) is 13.2 Å². The van der Waals surface area contributed by atoms with Crippen LogP contribution in [0.5, 0.6) is 0 Å². The number of ether oxygens (including phenoxy) is 2. The number of nitrogens with one attached hydrogen (secondary N) is 2. The lowest BCUT2D eigenvalue weighted by Gasteiger charge is -2.08. The molecule has 0 aliphatic carbocycles. The summed E-state index contributed by atoms with van der Waals surface area (Å²) in [7, 11) is 0. The average Bonchev–Trinajstić information content (AvgIpc) is 4.03. The number of rotatable bonds is 8. The first-order valence-corrected chi connectivity index (χ1v) is 17.7. The number of benzene rings is 3. The molecule has 3 aromatic carbocycles. The van der Waals surface area contributed by atoms with Crippen molar-refractivity contribution in [1.29, 1.82) is 0 Å². The Morgan fingerprint density at radius 2 is 1.11 bits per heavy atom. The highest BCUT2D eigenvalue weighted by Gasteiger charge is 2.19. The van der Waals surface area contributed by atoms with E-state index in [1.807, 2.05) is 97.1 Å². The first-order chi connectivity index (χ1) is 26.4. The van der Waals surface area contributed by atoms with Gasteiger partial charge >= 0.3 is 11.9 Å². The Bertz CT molecular complexity index is 2620. The van der Waals surface area contributed by atoms with E-state index in [2.05, 4.69) is 9.97 Å². The number of carbonyl (C=O) groups is 3. The maximum Gasteiger partial charge on any atom is 0.338 e. The summed E-state index contributed by atoms with van der Waals surface area (Å²) in [6, 6.07) is 32.0. The number of esters is 2. The number of nitrogens with zero attached hydrogens (tertiary/aromatic N) is 2. The Morgan fingerprint density at radius 1 is 0.593 bits per heavy atom. The van der Waals surface area contributed by atoms with Gasteiger partial charge in [-0.1, -0.05) is 48.5 Å². The molecule has 0 saturated heterocycles. The van der Waals surface area contributed by atoms with Crippen molar-refractivity contribution in [3.8, 4) is 33.4 Å². The van der Waals surface area contributed by atoms with Crippen LogP contribution in [0.4, 0.5) is 0 Å². The second kappa shape index (κ2) is 14.5. The molecular formula is C45H34N4O5. The molecule has 0 saturated carbocycles. The third kappa shape index (κ3) is 6.43. The van der Waals surface area contributed by atoms with E-state index >= 15 is 0 Å². The number of aromatic nitrogens is 4. The summed E-state index contributed by atoms with van der Waals surface area (Å²) in [6.45, 7) is 4.14. The van der Waals surface area contributed by atoms with Crippen LogP contribution in [0.3, 0.4) is 0 Å². The molecule has 9 heteroatoms. The van der Waals surface area contributed by atoms with E-state index in [1.54, 1.807) is 44.2 Å². The van der Waals surface area contributed by atoms with Crippen LogP contribution < -0.4 is 0 Å². The Morgan fingerprint density at radius 3 is 1.72 bits per heavy atom. The van der Waals surface area contributed by atoms with Crippen LogP contribution in [0.25, 0.3) is 79.8 Å². The number of hydrogen-bond donors (Lipinski definition) is 2. The van der Waals surface area contributed by atoms with E-state index in [4.69, 9.17) is 19.4 Å². The molecule has 0 atom stereocenters. The van der Waals surface area contributed by atoms with E-state index in [-0.39, 0.29) is 25.2 Å². The first kappa shape index (κ1) is 34.0. The molecule has 2 aliphatic heterocycles. The third-order valence-electron chi connectivity index (χ3n) is 9.30. The lowest BCUT2D eigenvalue weighted by molar-refractivity contribution is 0.0517. The fourth-order valence-corrected chi connectivity index (χ4v) is 6.83. The minimum atomic E-state index is -0.383. The van der Waals surface area contributed by atoms with E-state index < -0.39 is 0 Å². The van der Waals surface area contributed by atoms with Crippen LogP contribution in [0.1, 0.15) is 67.7 Å². The van der Waals surface area contributed by atoms with Gasteiger partial charge < -0.3 is 19.4 Å². The summed E-state index contributed by atoms with van der Waals surface area (Å²) in [5, 5.41) is 0. The Balaban J connectivity index is 1.44. The molecule has 2 aliphatic rings. The van der Waals surface area contributed by atoms with Crippen LogP contribution >= 0.6 is 0 Å². The predicted octanol–water partition coefficient (Wildman–Crippen LogP) is 9.82. The van der Waals surface area contributed by atoms with E-state index in [0.717, 1.165) is 73.1 Å². The van der Waals surface area contributed by atoms with Gasteiger partial charge in [0.2, 0.25) is 0 Å². The topological polar surface area (TPSA) is 127 Å². The lowest BCUT2D eigenvalue weighted by Crippen LogP contribution is -2.04. The van der Waals surface area contributed by atoms with Gasteiger partial charge in [0.1, 0.15) is 0 Å². The molecular weight excluding hydrogens is 677 g/mol. The first-order valence-electron chi connectivity index (χ1n) is 17.7. The van der Waals surface area contributed by atoms with Gasteiger partial charge in [0.25, 0.3) is 0 Å². The second-order valence-electron chi connectivity index (χ2n) is 12.7. The van der Waals surface area contributed by atoms with Gasteiger partial charge in [-0.05, 0) is 109 Å². The largest absolute Gasteiger partial charge is 0.462 e. The minimum absolute atomic E-state index is 0.289. The highest BCUT2D eigenvalue weighted by atomic mass is 16.5. The molecule has 2 N–H and O–H groups in total. The zero-order valence-corrected chi connectivity index (χ0v) is 29.6. The Labute approximate surface area is 310 Å². The summed E-state index contributed by atoms with van der Waals surface area (Å²) in [4.78, 5) is 54.9. The van der Waals surface area contributed by atoms with Crippen molar-refractivity contribution in [2.24, 2.45) is 0 Å². The molecule has 8 rings (SSSR count). The van der Waals surface area contributed by atoms with Gasteiger partial charge in [-0.15, -0.1) is 0 Å². The molecule has 5 heterocycles. The van der Waals surface area contributed by atoms with E-state index in [0.29, 0.717) is 28.1 Å². The molecule has 264 valence electrons. The molecule has 54 heavy (non-hydrogen) atoms. The van der Waals surface area contributed by atoms with Crippen LogP contribution in [-0.2, 0) is 9.47 Å².